The number of nitrogens with zero attached hydrogens (tertiary/aromatic N) is 1. The molecular formula is C24H22FNO6S. The zero-order valence-electron chi connectivity index (χ0n) is 17.9. The van der Waals surface area contributed by atoms with Crippen molar-refractivity contribution in [2.75, 3.05) is 12.6 Å². The Kier molecular flexibility index (Phi) is 6.42. The molecule has 4 rings (SSSR count). The summed E-state index contributed by atoms with van der Waals surface area (Å²) in [7, 11) is -4.10. The molecule has 0 atom stereocenters. The summed E-state index contributed by atoms with van der Waals surface area (Å²) >= 11 is 0. The van der Waals surface area contributed by atoms with Crippen molar-refractivity contribution in [3.63, 3.8) is 0 Å². The van der Waals surface area contributed by atoms with Crippen molar-refractivity contribution >= 4 is 21.6 Å². The summed E-state index contributed by atoms with van der Waals surface area (Å²) < 4.78 is 48.0. The van der Waals surface area contributed by atoms with Gasteiger partial charge >= 0.3 is 5.97 Å². The highest BCUT2D eigenvalue weighted by atomic mass is 32.2. The Labute approximate surface area is 190 Å². The third kappa shape index (κ3) is 4.59. The average Bonchev–Trinajstić information content (AvgIpc) is 3.57. The van der Waals surface area contributed by atoms with Crippen LogP contribution in [-0.2, 0) is 21.0 Å². The molecule has 0 amide bonds. The molecule has 1 heterocycles. The van der Waals surface area contributed by atoms with Crippen LogP contribution in [-0.4, -0.2) is 37.9 Å². The van der Waals surface area contributed by atoms with Gasteiger partial charge in [-0.1, -0.05) is 47.6 Å². The zero-order valence-corrected chi connectivity index (χ0v) is 18.7. The third-order valence-electron chi connectivity index (χ3n) is 5.46. The number of benzene rings is 2. The fourth-order valence-corrected chi connectivity index (χ4v) is 4.68. The van der Waals surface area contributed by atoms with Crippen molar-refractivity contribution in [2.45, 2.75) is 37.0 Å². The number of rotatable bonds is 9. The highest BCUT2D eigenvalue weighted by molar-refractivity contribution is 7.91. The molecule has 0 N–H and O–H groups in total. The fraction of sp³-hybridized carbons (Fsp3) is 0.292. The second kappa shape index (κ2) is 9.27. The molecule has 0 unspecified atom stereocenters. The highest BCUT2D eigenvalue weighted by Crippen LogP contribution is 2.43. The lowest BCUT2D eigenvalue weighted by Crippen LogP contribution is -2.15. The lowest BCUT2D eigenvalue weighted by Gasteiger charge is -2.12. The number of sulfone groups is 1. The number of hydrogen-bond donors (Lipinski definition) is 0. The summed E-state index contributed by atoms with van der Waals surface area (Å²) in [5.41, 5.74) is 1.09. The number of aromatic nitrogens is 1. The molecule has 172 valence electrons. The van der Waals surface area contributed by atoms with Crippen LogP contribution in [0.25, 0.3) is 0 Å². The molecule has 0 spiro atoms. The predicted molar refractivity (Wildman–Crippen MR) is 117 cm³/mol. The number of carbonyl (C=O) groups excluding carboxylic acids is 2. The fourth-order valence-electron chi connectivity index (χ4n) is 3.73. The SMILES string of the molecule is CCOC(=O)c1noc(C2CC2)c1C(=O)c1ccccc1Cc1ccccc1S(=O)(=O)CF. The Morgan fingerprint density at radius 3 is 2.42 bits per heavy atom. The van der Waals surface area contributed by atoms with E-state index >= 15 is 0 Å². The third-order valence-corrected chi connectivity index (χ3v) is 6.81. The van der Waals surface area contributed by atoms with E-state index in [1.54, 1.807) is 43.3 Å². The van der Waals surface area contributed by atoms with Gasteiger partial charge in [-0.3, -0.25) is 4.79 Å². The second-order valence-corrected chi connectivity index (χ2v) is 9.65. The van der Waals surface area contributed by atoms with Crippen molar-refractivity contribution in [1.82, 2.24) is 5.16 Å². The monoisotopic (exact) mass is 471 g/mol. The summed E-state index contributed by atoms with van der Waals surface area (Å²) in [4.78, 5) is 26.0. The van der Waals surface area contributed by atoms with E-state index in [0.29, 0.717) is 16.9 Å². The summed E-state index contributed by atoms with van der Waals surface area (Å²) in [5.74, 6) is -0.823. The molecule has 0 radical (unpaired) electrons. The van der Waals surface area contributed by atoms with E-state index in [1.807, 2.05) is 0 Å². The minimum Gasteiger partial charge on any atom is -0.461 e. The average molecular weight is 472 g/mol. The maximum atomic E-state index is 13.7. The van der Waals surface area contributed by atoms with E-state index < -0.39 is 27.6 Å². The van der Waals surface area contributed by atoms with Gasteiger partial charge in [0.2, 0.25) is 15.5 Å². The molecular weight excluding hydrogens is 449 g/mol. The molecule has 0 bridgehead atoms. The smallest absolute Gasteiger partial charge is 0.361 e. The van der Waals surface area contributed by atoms with Crippen LogP contribution in [0, 0.1) is 0 Å². The first-order valence-electron chi connectivity index (χ1n) is 10.5. The van der Waals surface area contributed by atoms with Gasteiger partial charge in [0.15, 0.2) is 17.6 Å². The molecule has 3 aromatic rings. The number of halogens is 1. The van der Waals surface area contributed by atoms with Gasteiger partial charge in [0, 0.05) is 11.5 Å². The van der Waals surface area contributed by atoms with Gasteiger partial charge in [-0.25, -0.2) is 17.6 Å². The van der Waals surface area contributed by atoms with Crippen LogP contribution in [0.3, 0.4) is 0 Å². The molecule has 1 fully saturated rings. The second-order valence-electron chi connectivity index (χ2n) is 7.76. The minimum atomic E-state index is -4.10. The van der Waals surface area contributed by atoms with Gasteiger partial charge in [0.05, 0.1) is 11.5 Å². The van der Waals surface area contributed by atoms with Gasteiger partial charge < -0.3 is 9.26 Å². The van der Waals surface area contributed by atoms with Crippen LogP contribution >= 0.6 is 0 Å². The first-order valence-corrected chi connectivity index (χ1v) is 12.2. The van der Waals surface area contributed by atoms with E-state index in [2.05, 4.69) is 5.16 Å². The lowest BCUT2D eigenvalue weighted by atomic mass is 9.92. The summed E-state index contributed by atoms with van der Waals surface area (Å²) in [5, 5.41) is 3.82. The molecule has 2 aromatic carbocycles. The predicted octanol–water partition coefficient (Wildman–Crippen LogP) is 4.25. The van der Waals surface area contributed by atoms with Crippen molar-refractivity contribution < 1.29 is 31.7 Å². The molecule has 9 heteroatoms. The van der Waals surface area contributed by atoms with Crippen LogP contribution in [0.1, 0.15) is 69.0 Å². The number of ether oxygens (including phenoxy) is 1. The number of ketones is 1. The van der Waals surface area contributed by atoms with Crippen LogP contribution in [0.15, 0.2) is 57.9 Å². The summed E-state index contributed by atoms with van der Waals surface area (Å²) in [6.07, 6.45) is 1.73. The lowest BCUT2D eigenvalue weighted by molar-refractivity contribution is 0.0512. The maximum Gasteiger partial charge on any atom is 0.361 e. The highest BCUT2D eigenvalue weighted by Gasteiger charge is 2.38. The first kappa shape index (κ1) is 22.8. The number of hydrogen-bond acceptors (Lipinski definition) is 7. The van der Waals surface area contributed by atoms with Crippen molar-refractivity contribution in [3.8, 4) is 0 Å². The van der Waals surface area contributed by atoms with Crippen molar-refractivity contribution in [1.29, 1.82) is 0 Å². The number of alkyl halides is 1. The van der Waals surface area contributed by atoms with Crippen LogP contribution in [0.5, 0.6) is 0 Å². The van der Waals surface area contributed by atoms with Crippen molar-refractivity contribution in [2.24, 2.45) is 0 Å². The normalized spacial score (nSPS) is 13.6. The molecule has 1 aromatic heterocycles. The van der Waals surface area contributed by atoms with Crippen LogP contribution < -0.4 is 0 Å². The van der Waals surface area contributed by atoms with Crippen LogP contribution in [0.4, 0.5) is 4.39 Å². The topological polar surface area (TPSA) is 104 Å². The maximum absolute atomic E-state index is 13.7. The Bertz CT molecular complexity index is 1310. The largest absolute Gasteiger partial charge is 0.461 e. The number of esters is 1. The van der Waals surface area contributed by atoms with Gasteiger partial charge in [0.1, 0.15) is 5.56 Å². The first-order chi connectivity index (χ1) is 15.9. The standard InChI is InChI=1S/C24H22FNO6S/c1-2-31-24(28)21-20(23(32-26-21)15-11-12-15)22(27)18-9-5-3-7-16(18)13-17-8-4-6-10-19(17)33(29,30)14-25/h3-10,15H,2,11-14H2,1H3. The van der Waals surface area contributed by atoms with Crippen LogP contribution in [0.2, 0.25) is 0 Å². The summed E-state index contributed by atoms with van der Waals surface area (Å²) in [6, 6.07) is 11.3. The molecule has 7 nitrogen and oxygen atoms in total. The van der Waals surface area contributed by atoms with Gasteiger partial charge in [-0.2, -0.15) is 0 Å². The summed E-state index contributed by atoms with van der Waals surface area (Å²) in [6.45, 7) is 1.77. The van der Waals surface area contributed by atoms with E-state index in [9.17, 15) is 22.4 Å². The molecule has 1 saturated carbocycles. The molecule has 1 aliphatic carbocycles. The quantitative estimate of drug-likeness (QED) is 0.339. The van der Waals surface area contributed by atoms with E-state index in [-0.39, 0.29) is 40.7 Å². The van der Waals surface area contributed by atoms with Crippen molar-refractivity contribution in [3.05, 3.63) is 82.2 Å². The van der Waals surface area contributed by atoms with Gasteiger partial charge in [-0.05, 0) is 43.4 Å². The van der Waals surface area contributed by atoms with E-state index in [4.69, 9.17) is 9.26 Å². The molecule has 33 heavy (non-hydrogen) atoms. The van der Waals surface area contributed by atoms with Gasteiger partial charge in [-0.15, -0.1) is 0 Å². The Morgan fingerprint density at radius 2 is 1.76 bits per heavy atom. The Balaban J connectivity index is 1.77. The molecule has 0 saturated heterocycles. The molecule has 1 aliphatic rings. The van der Waals surface area contributed by atoms with E-state index in [1.165, 1.54) is 12.1 Å². The number of carbonyl (C=O) groups is 2. The Hall–Kier alpha value is -3.33. The van der Waals surface area contributed by atoms with Gasteiger partial charge in [0.25, 0.3) is 0 Å². The Morgan fingerprint density at radius 1 is 1.09 bits per heavy atom. The van der Waals surface area contributed by atoms with E-state index in [0.717, 1.165) is 12.8 Å². The molecule has 0 aliphatic heterocycles. The minimum absolute atomic E-state index is 0.0159. The zero-order chi connectivity index (χ0) is 23.6.